The van der Waals surface area contributed by atoms with Gasteiger partial charge in [-0.3, -0.25) is 4.79 Å². The number of carbonyl (C=O) groups excluding carboxylic acids is 1. The molecular weight excluding hydrogens is 632 g/mol. The Kier molecular flexibility index (Phi) is 10.7. The third-order valence-electron chi connectivity index (χ3n) is 7.98. The number of hydrogen-bond donors (Lipinski definition) is 7. The number of aliphatic hydroxyl groups excluding tert-OH is 5. The van der Waals surface area contributed by atoms with Gasteiger partial charge in [0.2, 0.25) is 5.43 Å². The van der Waals surface area contributed by atoms with Gasteiger partial charge in [-0.2, -0.15) is 0 Å². The number of aliphatic carboxylic acids is 1. The third-order valence-corrected chi connectivity index (χ3v) is 7.98. The fourth-order valence-electron chi connectivity index (χ4n) is 5.47. The predicted octanol–water partition coefficient (Wildman–Crippen LogP) is 0.920. The van der Waals surface area contributed by atoms with Crippen LogP contribution in [-0.2, 0) is 30.2 Å². The van der Waals surface area contributed by atoms with E-state index in [1.54, 1.807) is 18.2 Å². The number of phenols is 1. The number of carboxylic acid groups (broad SMARTS) is 1. The second-order valence-corrected chi connectivity index (χ2v) is 11.3. The van der Waals surface area contributed by atoms with Crippen LogP contribution in [0.1, 0.15) is 17.5 Å². The summed E-state index contributed by atoms with van der Waals surface area (Å²) in [7, 11) is 0. The number of phenolic OH excluding ortho intramolecular Hbond substituents is 1. The number of hydrogen-bond acceptors (Lipinski definition) is 13. The Hall–Kier alpha value is -4.83. The zero-order chi connectivity index (χ0) is 34.5. The van der Waals surface area contributed by atoms with Gasteiger partial charge in [0.25, 0.3) is 0 Å². The van der Waals surface area contributed by atoms with Crippen molar-refractivity contribution in [3.05, 3.63) is 99.5 Å². The standard InChI is InChI=1S/C34H34O14/c35-21-13-20-14-27(38)47-22(20)15-23(21)45-10-9-17-11-19-8-7-18(5-3-1-2-4-6-26(36)37)29(39)28(19)30(40)24(12-17)46-16-25-31(41)32(42)33(43)34(44)48-25/h1-8,11-14,22-23,25,31-35,39,41-44H,9-10,15-16H2,(H,36,37)/b2-1+,5-3+,6-4+. The number of benzene rings is 1. The Bertz CT molecular complexity index is 1770. The lowest BCUT2D eigenvalue weighted by Gasteiger charge is -2.37. The monoisotopic (exact) mass is 666 g/mol. The number of ether oxygens (including phenoxy) is 4. The molecule has 0 radical (unpaired) electrons. The number of esters is 1. The molecule has 1 saturated heterocycles. The summed E-state index contributed by atoms with van der Waals surface area (Å²) >= 11 is 0. The largest absolute Gasteiger partial charge is 0.510 e. The number of aromatic hydroxyl groups is 1. The zero-order valence-corrected chi connectivity index (χ0v) is 25.3. The lowest BCUT2D eigenvalue weighted by Crippen LogP contribution is -2.58. The third kappa shape index (κ3) is 7.82. The summed E-state index contributed by atoms with van der Waals surface area (Å²) in [6.07, 6.45) is 1.86. The van der Waals surface area contributed by atoms with Crippen LogP contribution >= 0.6 is 0 Å². The SMILES string of the molecule is O=C(O)/C=C/C=C/C=C/c1ccc2cc(CCOC3CC4OC(=O)C=C4C=C3O)cc(OCC3OC(O)C(O)C(O)C3O)c(=O)c2c1O. The van der Waals surface area contributed by atoms with E-state index in [1.807, 2.05) is 0 Å². The number of aliphatic hydroxyl groups is 5. The van der Waals surface area contributed by atoms with Crippen molar-refractivity contribution in [3.63, 3.8) is 0 Å². The molecule has 2 aliphatic heterocycles. The maximum atomic E-state index is 13.8. The first-order valence-corrected chi connectivity index (χ1v) is 14.9. The number of fused-ring (bicyclic) bond motifs is 2. The van der Waals surface area contributed by atoms with Crippen LogP contribution in [0.15, 0.2) is 82.9 Å². The van der Waals surface area contributed by atoms with Crippen molar-refractivity contribution in [1.29, 1.82) is 0 Å². The highest BCUT2D eigenvalue weighted by Crippen LogP contribution is 2.32. The summed E-state index contributed by atoms with van der Waals surface area (Å²) in [6.45, 7) is -0.470. The van der Waals surface area contributed by atoms with Crippen LogP contribution in [0.25, 0.3) is 16.8 Å². The van der Waals surface area contributed by atoms with Crippen molar-refractivity contribution in [2.24, 2.45) is 0 Å². The molecule has 7 unspecified atom stereocenters. The molecule has 2 aromatic carbocycles. The van der Waals surface area contributed by atoms with E-state index < -0.39 is 66.9 Å². The van der Waals surface area contributed by atoms with Gasteiger partial charge in [0.15, 0.2) is 12.0 Å². The molecule has 0 bridgehead atoms. The molecule has 14 nitrogen and oxygen atoms in total. The predicted molar refractivity (Wildman–Crippen MR) is 168 cm³/mol. The van der Waals surface area contributed by atoms with E-state index in [1.165, 1.54) is 48.6 Å². The number of carboxylic acids is 1. The number of carbonyl (C=O) groups is 2. The Morgan fingerprint density at radius 3 is 2.50 bits per heavy atom. The maximum Gasteiger partial charge on any atom is 0.331 e. The summed E-state index contributed by atoms with van der Waals surface area (Å²) in [4.78, 5) is 36.0. The van der Waals surface area contributed by atoms with Gasteiger partial charge in [0.1, 0.15) is 54.7 Å². The molecule has 0 aromatic heterocycles. The van der Waals surface area contributed by atoms with Crippen molar-refractivity contribution < 1.29 is 64.3 Å². The van der Waals surface area contributed by atoms with Crippen molar-refractivity contribution in [2.75, 3.05) is 13.2 Å². The molecule has 2 heterocycles. The van der Waals surface area contributed by atoms with Crippen LogP contribution in [0, 0.1) is 0 Å². The van der Waals surface area contributed by atoms with Gasteiger partial charge >= 0.3 is 11.9 Å². The van der Waals surface area contributed by atoms with Crippen LogP contribution in [0.2, 0.25) is 0 Å². The van der Waals surface area contributed by atoms with Crippen LogP contribution < -0.4 is 10.2 Å². The Labute approximate surface area is 273 Å². The van der Waals surface area contributed by atoms with E-state index >= 15 is 0 Å². The quantitative estimate of drug-likeness (QED) is 0.101. The van der Waals surface area contributed by atoms with Crippen LogP contribution in [0.4, 0.5) is 0 Å². The summed E-state index contributed by atoms with van der Waals surface area (Å²) < 4.78 is 22.0. The Morgan fingerprint density at radius 2 is 1.73 bits per heavy atom. The van der Waals surface area contributed by atoms with Gasteiger partial charge in [-0.1, -0.05) is 48.6 Å². The molecule has 7 N–H and O–H groups in total. The van der Waals surface area contributed by atoms with Crippen molar-refractivity contribution in [1.82, 2.24) is 0 Å². The van der Waals surface area contributed by atoms with Gasteiger partial charge in [-0.25, -0.2) is 9.59 Å². The highest BCUT2D eigenvalue weighted by Gasteiger charge is 2.43. The lowest BCUT2D eigenvalue weighted by atomic mass is 9.96. The minimum Gasteiger partial charge on any atom is -0.510 e. The minimum atomic E-state index is -1.82. The Balaban J connectivity index is 1.42. The second-order valence-electron chi connectivity index (χ2n) is 11.3. The van der Waals surface area contributed by atoms with E-state index in [2.05, 4.69) is 0 Å². The smallest absolute Gasteiger partial charge is 0.331 e. The van der Waals surface area contributed by atoms with Crippen molar-refractivity contribution in [2.45, 2.75) is 55.8 Å². The van der Waals surface area contributed by atoms with Gasteiger partial charge in [0.05, 0.1) is 12.0 Å². The number of allylic oxidation sites excluding steroid dienone is 4. The first-order chi connectivity index (χ1) is 22.9. The van der Waals surface area contributed by atoms with Crippen LogP contribution in [-0.4, -0.2) is 104 Å². The fourth-order valence-corrected chi connectivity index (χ4v) is 5.47. The molecule has 0 spiro atoms. The molecule has 1 fully saturated rings. The van der Waals surface area contributed by atoms with Crippen LogP contribution in [0.3, 0.4) is 0 Å². The molecule has 254 valence electrons. The molecular formula is C34H34O14. The molecule has 0 amide bonds. The average molecular weight is 667 g/mol. The van der Waals surface area contributed by atoms with Gasteiger partial charge in [0, 0.05) is 29.7 Å². The molecule has 3 aliphatic rings. The van der Waals surface area contributed by atoms with Crippen molar-refractivity contribution >= 4 is 28.8 Å². The molecule has 14 heteroatoms. The average Bonchev–Trinajstić information content (AvgIpc) is 3.33. The van der Waals surface area contributed by atoms with E-state index in [0.29, 0.717) is 16.5 Å². The second kappa shape index (κ2) is 14.9. The van der Waals surface area contributed by atoms with Crippen molar-refractivity contribution in [3.8, 4) is 11.5 Å². The first-order valence-electron chi connectivity index (χ1n) is 14.9. The molecule has 2 aromatic rings. The van der Waals surface area contributed by atoms with Gasteiger partial charge < -0.3 is 54.7 Å². The molecule has 0 saturated carbocycles. The van der Waals surface area contributed by atoms with E-state index in [-0.39, 0.29) is 47.7 Å². The van der Waals surface area contributed by atoms with E-state index in [0.717, 1.165) is 6.08 Å². The van der Waals surface area contributed by atoms with Gasteiger partial charge in [-0.05, 0) is 29.5 Å². The first kappa shape index (κ1) is 34.5. The highest BCUT2D eigenvalue weighted by molar-refractivity contribution is 5.92. The Morgan fingerprint density at radius 1 is 0.958 bits per heavy atom. The fraction of sp³-hybridized carbons (Fsp3) is 0.324. The molecule has 5 rings (SSSR count). The van der Waals surface area contributed by atoms with E-state index in [9.17, 15) is 45.0 Å². The molecule has 7 atom stereocenters. The highest BCUT2D eigenvalue weighted by atomic mass is 16.6. The maximum absolute atomic E-state index is 13.8. The summed E-state index contributed by atoms with van der Waals surface area (Å²) in [5.41, 5.74) is 0.609. The zero-order valence-electron chi connectivity index (χ0n) is 25.3. The molecule has 1 aliphatic carbocycles. The topological polar surface area (TPSA) is 230 Å². The van der Waals surface area contributed by atoms with Crippen LogP contribution in [0.5, 0.6) is 11.5 Å². The summed E-state index contributed by atoms with van der Waals surface area (Å²) in [5.74, 6) is -2.32. The van der Waals surface area contributed by atoms with E-state index in [4.69, 9.17) is 24.1 Å². The lowest BCUT2D eigenvalue weighted by molar-refractivity contribution is -0.285. The summed E-state index contributed by atoms with van der Waals surface area (Å²) in [5, 5.41) is 70.7. The normalized spacial score (nSPS) is 27.3. The summed E-state index contributed by atoms with van der Waals surface area (Å²) in [6, 6.07) is 6.24. The van der Waals surface area contributed by atoms with Gasteiger partial charge in [-0.15, -0.1) is 0 Å². The minimum absolute atomic E-state index is 0.0532. The number of rotatable bonds is 11. The molecule has 48 heavy (non-hydrogen) atoms.